The molecule has 1 amide bonds. The first-order valence-electron chi connectivity index (χ1n) is 13.0. The highest BCUT2D eigenvalue weighted by Crippen LogP contribution is 2.01. The number of nitrogens with one attached hydrogen (secondary N) is 2. The van der Waals surface area contributed by atoms with Crippen molar-refractivity contribution in [2.45, 2.75) is 53.4 Å². The Balaban J connectivity index is 2.42. The van der Waals surface area contributed by atoms with Crippen LogP contribution in [0.2, 0.25) is 0 Å². The van der Waals surface area contributed by atoms with Crippen LogP contribution >= 0.6 is 0 Å². The summed E-state index contributed by atoms with van der Waals surface area (Å²) >= 11 is 0. The molecule has 0 radical (unpaired) electrons. The lowest BCUT2D eigenvalue weighted by atomic mass is 10.2. The van der Waals surface area contributed by atoms with Crippen molar-refractivity contribution in [3.8, 4) is 0 Å². The summed E-state index contributed by atoms with van der Waals surface area (Å²) in [5, 5.41) is 6.52. The molecule has 0 spiro atoms. The van der Waals surface area contributed by atoms with Gasteiger partial charge in [-0.25, -0.2) is 0 Å². The van der Waals surface area contributed by atoms with Crippen LogP contribution in [0.15, 0.2) is 0 Å². The first-order valence-corrected chi connectivity index (χ1v) is 13.0. The zero-order valence-electron chi connectivity index (χ0n) is 21.1. The van der Waals surface area contributed by atoms with E-state index in [9.17, 15) is 4.79 Å². The van der Waals surface area contributed by atoms with E-state index in [1.165, 1.54) is 19.3 Å². The number of carbonyl (C=O) groups is 1. The molecule has 0 atom stereocenters. The van der Waals surface area contributed by atoms with E-state index in [-0.39, 0.29) is 5.91 Å². The Morgan fingerprint density at radius 3 is 1.45 bits per heavy atom. The van der Waals surface area contributed by atoms with Gasteiger partial charge < -0.3 is 25.3 Å². The van der Waals surface area contributed by atoms with Crippen LogP contribution in [0.3, 0.4) is 0 Å². The Kier molecular flexibility index (Phi) is 17.2. The SMILES string of the molecule is CCNCCCCCCNC(=O)CN1CCN(CC)CCN(CC)CCN(CC)CC1. The molecule has 0 aliphatic carbocycles. The molecular weight excluding hydrogens is 388 g/mol. The number of rotatable bonds is 13. The van der Waals surface area contributed by atoms with Crippen LogP contribution in [0.5, 0.6) is 0 Å². The molecule has 1 aliphatic heterocycles. The van der Waals surface area contributed by atoms with Gasteiger partial charge in [-0.05, 0) is 45.6 Å². The third-order valence-electron chi connectivity index (χ3n) is 6.49. The van der Waals surface area contributed by atoms with E-state index in [1.54, 1.807) is 0 Å². The second-order valence-corrected chi connectivity index (χ2v) is 8.70. The number of nitrogens with zero attached hydrogens (tertiary/aromatic N) is 4. The fraction of sp³-hybridized carbons (Fsp3) is 0.958. The molecule has 0 bridgehead atoms. The van der Waals surface area contributed by atoms with Crippen LogP contribution in [-0.4, -0.2) is 124 Å². The van der Waals surface area contributed by atoms with E-state index in [4.69, 9.17) is 0 Å². The lowest BCUT2D eigenvalue weighted by Gasteiger charge is -2.33. The van der Waals surface area contributed by atoms with Crippen molar-refractivity contribution in [1.29, 1.82) is 0 Å². The monoisotopic (exact) mass is 440 g/mol. The fourth-order valence-corrected chi connectivity index (χ4v) is 4.08. The summed E-state index contributed by atoms with van der Waals surface area (Å²) in [6.45, 7) is 24.2. The Labute approximate surface area is 192 Å². The zero-order chi connectivity index (χ0) is 22.7. The molecule has 0 saturated carbocycles. The molecule has 1 fully saturated rings. The van der Waals surface area contributed by atoms with Crippen molar-refractivity contribution >= 4 is 5.91 Å². The molecule has 184 valence electrons. The second kappa shape index (κ2) is 18.8. The quantitative estimate of drug-likeness (QED) is 0.424. The van der Waals surface area contributed by atoms with Crippen molar-refractivity contribution in [2.75, 3.05) is 98.2 Å². The minimum absolute atomic E-state index is 0.183. The molecule has 1 rings (SSSR count). The Hall–Kier alpha value is -0.730. The molecule has 1 saturated heterocycles. The predicted molar refractivity (Wildman–Crippen MR) is 133 cm³/mol. The van der Waals surface area contributed by atoms with Gasteiger partial charge in [0.1, 0.15) is 0 Å². The molecule has 1 aliphatic rings. The molecule has 0 aromatic rings. The number of carbonyl (C=O) groups excluding carboxylic acids is 1. The third kappa shape index (κ3) is 14.1. The van der Waals surface area contributed by atoms with E-state index < -0.39 is 0 Å². The van der Waals surface area contributed by atoms with E-state index in [0.29, 0.717) is 6.54 Å². The van der Waals surface area contributed by atoms with Crippen LogP contribution in [0, 0.1) is 0 Å². The van der Waals surface area contributed by atoms with Crippen LogP contribution in [-0.2, 0) is 4.79 Å². The van der Waals surface area contributed by atoms with Crippen molar-refractivity contribution in [2.24, 2.45) is 0 Å². The standard InChI is InChI=1S/C24H52N6O/c1-5-25-13-11-9-10-12-14-26-24(31)23-30-21-19-28(7-3)17-15-27(6-2)16-18-29(8-4)20-22-30/h25H,5-23H2,1-4H3,(H,26,31). The number of amides is 1. The fourth-order valence-electron chi connectivity index (χ4n) is 4.08. The van der Waals surface area contributed by atoms with E-state index >= 15 is 0 Å². The Morgan fingerprint density at radius 2 is 1.03 bits per heavy atom. The van der Waals surface area contributed by atoms with Gasteiger partial charge in [-0.2, -0.15) is 0 Å². The molecule has 1 heterocycles. The van der Waals surface area contributed by atoms with Crippen LogP contribution < -0.4 is 10.6 Å². The van der Waals surface area contributed by atoms with E-state index in [2.05, 4.69) is 57.9 Å². The first kappa shape index (κ1) is 28.3. The molecule has 7 heteroatoms. The predicted octanol–water partition coefficient (Wildman–Crippen LogP) is 1.55. The van der Waals surface area contributed by atoms with Crippen molar-refractivity contribution in [3.63, 3.8) is 0 Å². The summed E-state index contributed by atoms with van der Waals surface area (Å²) in [6, 6.07) is 0. The molecule has 0 unspecified atom stereocenters. The number of unbranched alkanes of at least 4 members (excludes halogenated alkanes) is 3. The van der Waals surface area contributed by atoms with Gasteiger partial charge in [0.2, 0.25) is 5.91 Å². The summed E-state index contributed by atoms with van der Waals surface area (Å²) in [5.74, 6) is 0.183. The van der Waals surface area contributed by atoms with Gasteiger partial charge in [0.15, 0.2) is 0 Å². The van der Waals surface area contributed by atoms with Gasteiger partial charge in [-0.3, -0.25) is 9.69 Å². The van der Waals surface area contributed by atoms with Gasteiger partial charge >= 0.3 is 0 Å². The maximum absolute atomic E-state index is 12.5. The van der Waals surface area contributed by atoms with Crippen molar-refractivity contribution in [1.82, 2.24) is 30.2 Å². The molecule has 2 N–H and O–H groups in total. The maximum Gasteiger partial charge on any atom is 0.234 e. The van der Waals surface area contributed by atoms with Gasteiger partial charge in [0.05, 0.1) is 6.54 Å². The van der Waals surface area contributed by atoms with Gasteiger partial charge in [0, 0.05) is 58.9 Å². The van der Waals surface area contributed by atoms with E-state index in [0.717, 1.165) is 98.0 Å². The summed E-state index contributed by atoms with van der Waals surface area (Å²) in [4.78, 5) is 22.5. The zero-order valence-corrected chi connectivity index (χ0v) is 21.1. The molecule has 7 nitrogen and oxygen atoms in total. The summed E-state index contributed by atoms with van der Waals surface area (Å²) in [5.41, 5.74) is 0. The summed E-state index contributed by atoms with van der Waals surface area (Å²) in [7, 11) is 0. The second-order valence-electron chi connectivity index (χ2n) is 8.70. The molecule has 0 aromatic heterocycles. The largest absolute Gasteiger partial charge is 0.355 e. The highest BCUT2D eigenvalue weighted by molar-refractivity contribution is 5.77. The first-order chi connectivity index (χ1) is 15.1. The third-order valence-corrected chi connectivity index (χ3v) is 6.49. The highest BCUT2D eigenvalue weighted by Gasteiger charge is 2.16. The Bertz CT molecular complexity index is 416. The molecule has 31 heavy (non-hydrogen) atoms. The summed E-state index contributed by atoms with van der Waals surface area (Å²) < 4.78 is 0. The number of hydrogen-bond donors (Lipinski definition) is 2. The van der Waals surface area contributed by atoms with E-state index in [1.807, 2.05) is 0 Å². The van der Waals surface area contributed by atoms with Gasteiger partial charge in [0.25, 0.3) is 0 Å². The normalized spacial score (nSPS) is 19.1. The highest BCUT2D eigenvalue weighted by atomic mass is 16.2. The van der Waals surface area contributed by atoms with Crippen LogP contribution in [0.4, 0.5) is 0 Å². The average molecular weight is 441 g/mol. The van der Waals surface area contributed by atoms with Crippen molar-refractivity contribution < 1.29 is 4.79 Å². The number of likely N-dealkylation sites (N-methyl/N-ethyl adjacent to an activating group) is 3. The van der Waals surface area contributed by atoms with Gasteiger partial charge in [-0.1, -0.05) is 40.5 Å². The van der Waals surface area contributed by atoms with Crippen LogP contribution in [0.1, 0.15) is 53.4 Å². The maximum atomic E-state index is 12.5. The van der Waals surface area contributed by atoms with Crippen LogP contribution in [0.25, 0.3) is 0 Å². The Morgan fingerprint density at radius 1 is 0.613 bits per heavy atom. The minimum atomic E-state index is 0.183. The average Bonchev–Trinajstić information content (AvgIpc) is 2.77. The summed E-state index contributed by atoms with van der Waals surface area (Å²) in [6.07, 6.45) is 4.75. The topological polar surface area (TPSA) is 54.1 Å². The minimum Gasteiger partial charge on any atom is -0.355 e. The smallest absolute Gasteiger partial charge is 0.234 e. The number of hydrogen-bond acceptors (Lipinski definition) is 6. The lowest BCUT2D eigenvalue weighted by molar-refractivity contribution is -0.122. The van der Waals surface area contributed by atoms with Crippen molar-refractivity contribution in [3.05, 3.63) is 0 Å². The lowest BCUT2D eigenvalue weighted by Crippen LogP contribution is -2.47. The molecular formula is C24H52N6O. The van der Waals surface area contributed by atoms with Gasteiger partial charge in [-0.15, -0.1) is 0 Å². The molecule has 0 aromatic carbocycles.